The molecule has 0 radical (unpaired) electrons. The Morgan fingerprint density at radius 3 is 3.09 bits per heavy atom. The third kappa shape index (κ3) is 2.08. The molecule has 0 amide bonds. The fourth-order valence-electron chi connectivity index (χ4n) is 0.924. The lowest BCUT2D eigenvalue weighted by atomic mass is 10.0. The van der Waals surface area contributed by atoms with E-state index >= 15 is 0 Å². The molecule has 3 nitrogen and oxygen atoms in total. The zero-order chi connectivity index (χ0) is 8.10. The summed E-state index contributed by atoms with van der Waals surface area (Å²) >= 11 is 0. The van der Waals surface area contributed by atoms with E-state index in [-0.39, 0.29) is 5.92 Å². The highest BCUT2D eigenvalue weighted by Gasteiger charge is 2.06. The van der Waals surface area contributed by atoms with Crippen molar-refractivity contribution in [2.75, 3.05) is 0 Å². The quantitative estimate of drug-likeness (QED) is 0.708. The molecular formula is C8H11N3. The van der Waals surface area contributed by atoms with Gasteiger partial charge in [-0.2, -0.15) is 5.26 Å². The molecule has 0 bridgehead atoms. The first-order valence-corrected chi connectivity index (χ1v) is 3.74. The van der Waals surface area contributed by atoms with Crippen LogP contribution < -0.4 is 0 Å². The molecule has 1 aromatic rings. The zero-order valence-corrected chi connectivity index (χ0v) is 6.54. The fourth-order valence-corrected chi connectivity index (χ4v) is 0.924. The second-order valence-electron chi connectivity index (χ2n) is 2.47. The molecule has 0 saturated carbocycles. The van der Waals surface area contributed by atoms with Crippen molar-refractivity contribution >= 4 is 0 Å². The second-order valence-corrected chi connectivity index (χ2v) is 2.47. The Morgan fingerprint density at radius 2 is 2.64 bits per heavy atom. The van der Waals surface area contributed by atoms with E-state index in [1.54, 1.807) is 12.4 Å². The number of nitriles is 1. The van der Waals surface area contributed by atoms with Crippen LogP contribution in [0.1, 0.15) is 19.2 Å². The normalized spacial score (nSPS) is 12.4. The minimum atomic E-state index is 0.0983. The van der Waals surface area contributed by atoms with Crippen LogP contribution in [0.25, 0.3) is 0 Å². The van der Waals surface area contributed by atoms with E-state index in [1.807, 2.05) is 6.92 Å². The van der Waals surface area contributed by atoms with Crippen LogP contribution in [0.2, 0.25) is 0 Å². The van der Waals surface area contributed by atoms with E-state index in [0.29, 0.717) is 0 Å². The lowest BCUT2D eigenvalue weighted by Crippen LogP contribution is -2.01. The molecule has 1 heterocycles. The van der Waals surface area contributed by atoms with E-state index < -0.39 is 0 Å². The average Bonchev–Trinajstić information content (AvgIpc) is 2.52. The summed E-state index contributed by atoms with van der Waals surface area (Å²) in [6, 6.07) is 2.23. The summed E-state index contributed by atoms with van der Waals surface area (Å²) in [6.45, 7) is 2.01. The first-order valence-electron chi connectivity index (χ1n) is 3.74. The molecule has 1 unspecified atom stereocenters. The molecule has 0 aliphatic rings. The lowest BCUT2D eigenvalue weighted by molar-refractivity contribution is 0.619. The number of aromatic nitrogens is 2. The molecule has 0 aliphatic carbocycles. The van der Waals surface area contributed by atoms with Crippen LogP contribution in [-0.2, 0) is 6.42 Å². The molecule has 58 valence electrons. The Bertz CT molecular complexity index is 232. The number of nitrogens with zero attached hydrogens (tertiary/aromatic N) is 2. The molecule has 1 rings (SSSR count). The van der Waals surface area contributed by atoms with Crippen molar-refractivity contribution < 1.29 is 0 Å². The maximum Gasteiger partial charge on any atom is 0.107 e. The monoisotopic (exact) mass is 149 g/mol. The molecule has 0 aromatic carbocycles. The summed E-state index contributed by atoms with van der Waals surface area (Å²) in [6.07, 6.45) is 5.11. The SMILES string of the molecule is CCC(C#N)Cc1ncc[nH]1. The first kappa shape index (κ1) is 7.80. The number of hydrogen-bond acceptors (Lipinski definition) is 2. The van der Waals surface area contributed by atoms with Crippen molar-refractivity contribution in [3.8, 4) is 6.07 Å². The Balaban J connectivity index is 2.49. The smallest absolute Gasteiger partial charge is 0.107 e. The third-order valence-corrected chi connectivity index (χ3v) is 1.67. The highest BCUT2D eigenvalue weighted by Crippen LogP contribution is 2.06. The number of rotatable bonds is 3. The van der Waals surface area contributed by atoms with Gasteiger partial charge in [0.2, 0.25) is 0 Å². The lowest BCUT2D eigenvalue weighted by Gasteiger charge is -2.00. The largest absolute Gasteiger partial charge is 0.349 e. The van der Waals surface area contributed by atoms with E-state index in [2.05, 4.69) is 16.0 Å². The van der Waals surface area contributed by atoms with Crippen molar-refractivity contribution in [3.63, 3.8) is 0 Å². The van der Waals surface area contributed by atoms with Gasteiger partial charge < -0.3 is 4.98 Å². The molecule has 0 fully saturated rings. The minimum Gasteiger partial charge on any atom is -0.349 e. The van der Waals surface area contributed by atoms with Gasteiger partial charge in [0.15, 0.2) is 0 Å². The van der Waals surface area contributed by atoms with Gasteiger partial charge in [0.05, 0.1) is 12.0 Å². The Morgan fingerprint density at radius 1 is 1.82 bits per heavy atom. The number of hydrogen-bond donors (Lipinski definition) is 1. The number of imidazole rings is 1. The summed E-state index contributed by atoms with van der Waals surface area (Å²) in [5.41, 5.74) is 0. The molecule has 3 heteroatoms. The molecule has 0 aliphatic heterocycles. The van der Waals surface area contributed by atoms with Crippen LogP contribution in [-0.4, -0.2) is 9.97 Å². The minimum absolute atomic E-state index is 0.0983. The zero-order valence-electron chi connectivity index (χ0n) is 6.54. The molecule has 1 atom stereocenters. The molecule has 1 aromatic heterocycles. The second kappa shape index (κ2) is 3.77. The van der Waals surface area contributed by atoms with Gasteiger partial charge in [-0.1, -0.05) is 6.92 Å². The van der Waals surface area contributed by atoms with Gasteiger partial charge in [-0.05, 0) is 6.42 Å². The van der Waals surface area contributed by atoms with Gasteiger partial charge in [0.25, 0.3) is 0 Å². The van der Waals surface area contributed by atoms with Gasteiger partial charge >= 0.3 is 0 Å². The summed E-state index contributed by atoms with van der Waals surface area (Å²) in [7, 11) is 0. The van der Waals surface area contributed by atoms with Gasteiger partial charge in [-0.15, -0.1) is 0 Å². The van der Waals surface area contributed by atoms with E-state index in [1.165, 1.54) is 0 Å². The van der Waals surface area contributed by atoms with E-state index in [9.17, 15) is 0 Å². The average molecular weight is 149 g/mol. The van der Waals surface area contributed by atoms with Crippen LogP contribution in [0.15, 0.2) is 12.4 Å². The van der Waals surface area contributed by atoms with Crippen LogP contribution in [0, 0.1) is 17.2 Å². The molecule has 0 spiro atoms. The number of H-pyrrole nitrogens is 1. The van der Waals surface area contributed by atoms with Gasteiger partial charge in [0.1, 0.15) is 5.82 Å². The predicted octanol–water partition coefficient (Wildman–Crippen LogP) is 1.50. The first-order chi connectivity index (χ1) is 5.36. The predicted molar refractivity (Wildman–Crippen MR) is 41.7 cm³/mol. The van der Waals surface area contributed by atoms with Crippen molar-refractivity contribution in [2.24, 2.45) is 5.92 Å². The maximum atomic E-state index is 8.63. The summed E-state index contributed by atoms with van der Waals surface area (Å²) in [4.78, 5) is 7.02. The van der Waals surface area contributed by atoms with Crippen LogP contribution in [0.5, 0.6) is 0 Å². The Kier molecular flexibility index (Phi) is 2.67. The Hall–Kier alpha value is -1.30. The summed E-state index contributed by atoms with van der Waals surface area (Å²) in [5, 5.41) is 8.63. The fraction of sp³-hybridized carbons (Fsp3) is 0.500. The molecule has 0 saturated heterocycles. The highest BCUT2D eigenvalue weighted by atomic mass is 14.9. The van der Waals surface area contributed by atoms with E-state index in [0.717, 1.165) is 18.7 Å². The topological polar surface area (TPSA) is 52.5 Å². The van der Waals surface area contributed by atoms with Crippen LogP contribution in [0.3, 0.4) is 0 Å². The number of nitrogens with one attached hydrogen (secondary N) is 1. The van der Waals surface area contributed by atoms with Crippen molar-refractivity contribution in [1.82, 2.24) is 9.97 Å². The summed E-state index contributed by atoms with van der Waals surface area (Å²) < 4.78 is 0. The van der Waals surface area contributed by atoms with Crippen molar-refractivity contribution in [1.29, 1.82) is 5.26 Å². The molecule has 11 heavy (non-hydrogen) atoms. The van der Waals surface area contributed by atoms with E-state index in [4.69, 9.17) is 5.26 Å². The maximum absolute atomic E-state index is 8.63. The van der Waals surface area contributed by atoms with Crippen molar-refractivity contribution in [3.05, 3.63) is 18.2 Å². The standard InChI is InChI=1S/C8H11N3/c1-2-7(6-9)5-8-10-3-4-11-8/h3-4,7H,2,5H2,1H3,(H,10,11). The van der Waals surface area contributed by atoms with Crippen LogP contribution >= 0.6 is 0 Å². The molecule has 1 N–H and O–H groups in total. The van der Waals surface area contributed by atoms with Gasteiger partial charge in [-0.3, -0.25) is 0 Å². The number of aromatic amines is 1. The van der Waals surface area contributed by atoms with Crippen LogP contribution in [0.4, 0.5) is 0 Å². The van der Waals surface area contributed by atoms with Gasteiger partial charge in [0, 0.05) is 18.8 Å². The summed E-state index contributed by atoms with van der Waals surface area (Å²) in [5.74, 6) is 1.000. The molecular weight excluding hydrogens is 138 g/mol. The van der Waals surface area contributed by atoms with Gasteiger partial charge in [-0.25, -0.2) is 4.98 Å². The Labute approximate surface area is 66.1 Å². The third-order valence-electron chi connectivity index (χ3n) is 1.67. The highest BCUT2D eigenvalue weighted by molar-refractivity contribution is 4.94. The van der Waals surface area contributed by atoms with Crippen molar-refractivity contribution in [2.45, 2.75) is 19.8 Å².